The molecule has 3 fully saturated rings. The normalized spacial score (nSPS) is 44.5. The van der Waals surface area contributed by atoms with Crippen molar-refractivity contribution >= 4 is 62.6 Å². The van der Waals surface area contributed by atoms with Crippen molar-refractivity contribution in [3.63, 3.8) is 0 Å². The molecule has 0 aliphatic heterocycles. The van der Waals surface area contributed by atoms with Gasteiger partial charge in [0.05, 0.1) is 26.6 Å². The molecule has 12 heteroatoms. The van der Waals surface area contributed by atoms with E-state index in [1.54, 1.807) is 19.9 Å². The van der Waals surface area contributed by atoms with Crippen LogP contribution in [0.5, 0.6) is 0 Å². The maximum absolute atomic E-state index is 15.7. The number of rotatable bonds is 6. The van der Waals surface area contributed by atoms with Gasteiger partial charge >= 0.3 is 11.9 Å². The lowest BCUT2D eigenvalue weighted by molar-refractivity contribution is -0.180. The summed E-state index contributed by atoms with van der Waals surface area (Å²) in [5, 5.41) is 39.4. The number of carboxylic acids is 2. The van der Waals surface area contributed by atoms with Crippen LogP contribution in [0.1, 0.15) is 46.0 Å². The van der Waals surface area contributed by atoms with Crippen molar-refractivity contribution in [3.05, 3.63) is 22.2 Å². The van der Waals surface area contributed by atoms with Crippen molar-refractivity contribution in [2.45, 2.75) is 74.6 Å². The first-order valence-electron chi connectivity index (χ1n) is 12.0. The van der Waals surface area contributed by atoms with Gasteiger partial charge in [0.1, 0.15) is 12.3 Å². The highest BCUT2D eigenvalue weighted by molar-refractivity contribution is 9.12. The topological polar surface area (TPSA) is 149 Å². The summed E-state index contributed by atoms with van der Waals surface area (Å²) in [5.74, 6) is -5.97. The van der Waals surface area contributed by atoms with E-state index in [9.17, 15) is 34.5 Å². The summed E-state index contributed by atoms with van der Waals surface area (Å²) in [4.78, 5) is 47.9. The van der Waals surface area contributed by atoms with Gasteiger partial charge in [-0.1, -0.05) is 19.9 Å². The van der Waals surface area contributed by atoms with Gasteiger partial charge in [0.2, 0.25) is 0 Å². The van der Waals surface area contributed by atoms with Crippen LogP contribution in [-0.4, -0.2) is 72.6 Å². The lowest BCUT2D eigenvalue weighted by Gasteiger charge is -2.65. The molecule has 0 bridgehead atoms. The number of Topliss-reactive ketones (excluding diaryl/α,β-unsaturated/α-hetero) is 1. The summed E-state index contributed by atoms with van der Waals surface area (Å²) in [5.41, 5.74) is -4.43. The van der Waals surface area contributed by atoms with E-state index in [-0.39, 0.29) is 35.7 Å². The third kappa shape index (κ3) is 3.65. The van der Waals surface area contributed by atoms with Crippen molar-refractivity contribution in [1.82, 2.24) is 0 Å². The van der Waals surface area contributed by atoms with Crippen molar-refractivity contribution in [1.29, 1.82) is 0 Å². The average molecular weight is 626 g/mol. The molecule has 0 aromatic carbocycles. The number of carbonyl (C=O) groups excluding carboxylic acids is 2. The molecule has 204 valence electrons. The number of fused-ring (bicyclic) bond motifs is 5. The molecule has 0 heterocycles. The molecule has 8 nitrogen and oxygen atoms in total. The summed E-state index contributed by atoms with van der Waals surface area (Å²) in [6.45, 7) is 3.29. The van der Waals surface area contributed by atoms with Crippen LogP contribution in [0.15, 0.2) is 22.2 Å². The van der Waals surface area contributed by atoms with Crippen molar-refractivity contribution in [2.75, 3.05) is 0 Å². The first-order valence-corrected chi connectivity index (χ1v) is 13.6. The van der Waals surface area contributed by atoms with Gasteiger partial charge in [-0.05, 0) is 70.5 Å². The Morgan fingerprint density at radius 3 is 2.41 bits per heavy atom. The molecule has 0 saturated heterocycles. The van der Waals surface area contributed by atoms with Crippen LogP contribution < -0.4 is 0 Å². The number of carboxylic acid groups (broad SMARTS) is 2. The van der Waals surface area contributed by atoms with Crippen molar-refractivity contribution in [3.8, 4) is 0 Å². The third-order valence-electron chi connectivity index (χ3n) is 9.71. The molecule has 0 spiro atoms. The fraction of sp³-hybridized carbons (Fsp3) is 0.680. The minimum atomic E-state index is -2.26. The van der Waals surface area contributed by atoms with Gasteiger partial charge in [0, 0.05) is 5.41 Å². The van der Waals surface area contributed by atoms with Crippen LogP contribution in [0, 0.1) is 28.1 Å². The minimum Gasteiger partial charge on any atom is -0.481 e. The fourth-order valence-electron chi connectivity index (χ4n) is 8.01. The van der Waals surface area contributed by atoms with Gasteiger partial charge in [-0.25, -0.2) is 9.18 Å². The van der Waals surface area contributed by atoms with E-state index in [1.807, 2.05) is 0 Å². The quantitative estimate of drug-likeness (QED) is 0.328. The Labute approximate surface area is 231 Å². The van der Waals surface area contributed by atoms with Gasteiger partial charge in [-0.3, -0.25) is 14.4 Å². The van der Waals surface area contributed by atoms with Gasteiger partial charge in [0.25, 0.3) is 0 Å². The second kappa shape index (κ2) is 9.11. The molecule has 4 aliphatic carbocycles. The fourth-order valence-corrected chi connectivity index (χ4v) is 9.77. The number of aliphatic carboxylic acids is 2. The zero-order chi connectivity index (χ0) is 27.9. The van der Waals surface area contributed by atoms with Crippen LogP contribution in [0.25, 0.3) is 0 Å². The second-order valence-electron chi connectivity index (χ2n) is 11.2. The summed E-state index contributed by atoms with van der Waals surface area (Å²) < 4.78 is 15.9. The number of hydrogen-bond donors (Lipinski definition) is 4. The first-order chi connectivity index (χ1) is 17.0. The largest absolute Gasteiger partial charge is 0.481 e. The molecule has 10 atom stereocenters. The highest BCUT2D eigenvalue weighted by atomic mass is 79.9. The lowest BCUT2D eigenvalue weighted by Crippen LogP contribution is -2.69. The maximum atomic E-state index is 15.7. The molecule has 4 aliphatic rings. The summed E-state index contributed by atoms with van der Waals surface area (Å²) >= 11 is 17.6. The molecule has 0 aromatic rings. The number of allylic oxidation sites excluding steroid dienone is 4. The summed E-state index contributed by atoms with van der Waals surface area (Å²) in [6, 6.07) is 0. The number of halogens is 4. The molecule has 2 unspecified atom stereocenters. The molecule has 3 saturated carbocycles. The van der Waals surface area contributed by atoms with Gasteiger partial charge < -0.3 is 20.4 Å². The van der Waals surface area contributed by atoms with Crippen LogP contribution in [0.3, 0.4) is 0 Å². The van der Waals surface area contributed by atoms with Crippen LogP contribution in [-0.2, 0) is 19.2 Å². The van der Waals surface area contributed by atoms with E-state index in [0.29, 0.717) is 0 Å². The van der Waals surface area contributed by atoms with E-state index in [2.05, 4.69) is 15.9 Å². The smallest absolute Gasteiger partial charge is 0.333 e. The highest BCUT2D eigenvalue weighted by Crippen LogP contribution is 2.74. The third-order valence-corrected chi connectivity index (χ3v) is 11.9. The number of alkyl halides is 3. The highest BCUT2D eigenvalue weighted by Gasteiger charge is 2.76. The van der Waals surface area contributed by atoms with Gasteiger partial charge in [-0.15, -0.1) is 23.2 Å². The molecule has 4 rings (SSSR count). The predicted octanol–water partition coefficient (Wildman–Crippen LogP) is 3.38. The second-order valence-corrected chi connectivity index (χ2v) is 13.2. The number of aliphatic hydroxyl groups excluding tert-OH is 2. The Balaban J connectivity index is 1.88. The van der Waals surface area contributed by atoms with Gasteiger partial charge in [0.15, 0.2) is 17.7 Å². The molecule has 0 amide bonds. The van der Waals surface area contributed by atoms with E-state index < -0.39 is 86.6 Å². The van der Waals surface area contributed by atoms with Crippen LogP contribution in [0.4, 0.5) is 4.39 Å². The van der Waals surface area contributed by atoms with Crippen molar-refractivity contribution in [2.24, 2.45) is 28.1 Å². The minimum absolute atomic E-state index is 0.0751. The van der Waals surface area contributed by atoms with E-state index in [4.69, 9.17) is 28.3 Å². The molecule has 37 heavy (non-hydrogen) atoms. The molecular formula is C25H28BrCl2FO8. The first kappa shape index (κ1) is 28.7. The number of aliphatic hydroxyl groups is 2. The van der Waals surface area contributed by atoms with Gasteiger partial charge in [-0.2, -0.15) is 0 Å². The number of carbonyl (C=O) groups is 4. The van der Waals surface area contributed by atoms with Crippen LogP contribution in [0.2, 0.25) is 0 Å². The summed E-state index contributed by atoms with van der Waals surface area (Å²) in [6.07, 6.45) is -4.30. The molecular weight excluding hydrogens is 598 g/mol. The number of hydrogen-bond acceptors (Lipinski definition) is 6. The van der Waals surface area contributed by atoms with Crippen LogP contribution >= 0.6 is 39.1 Å². The predicted molar refractivity (Wildman–Crippen MR) is 134 cm³/mol. The van der Waals surface area contributed by atoms with E-state index in [0.717, 1.165) is 0 Å². The zero-order valence-corrected chi connectivity index (χ0v) is 23.2. The number of ketones is 2. The summed E-state index contributed by atoms with van der Waals surface area (Å²) in [7, 11) is 0. The zero-order valence-electron chi connectivity index (χ0n) is 20.1. The SMILES string of the molecule is C[C@]12C=C(Br)C(=O)C=C1[C@H](F)C[C@H]1[C@@H]3CC[C@@](C(=O)C(O)CC(=O)O)(C(O)C(=O)O)[C@@]3(C)C[C@H](Cl)[C@@]12Cl. The average Bonchev–Trinajstić information content (AvgIpc) is 3.09. The molecule has 0 aromatic heterocycles. The van der Waals surface area contributed by atoms with E-state index in [1.165, 1.54) is 6.08 Å². The Morgan fingerprint density at radius 1 is 1.22 bits per heavy atom. The standard InChI is InChI=1S/C25H28BrCl2FO8/c1-22-9-17(27)25(28)11(5-14(29)12-6-15(30)13(26)8-23(12,25)2)10(22)3-4-24(22,20(35)21(36)37)19(34)16(31)7-18(32)33/h6,8,10-11,14,16-17,20,31,35H,3-5,7,9H2,1-2H3,(H,32,33)(H,36,37)/t10-,11-,14+,16?,17-,20?,22-,23-,24+,25-/m0/s1. The maximum Gasteiger partial charge on any atom is 0.333 e. The van der Waals surface area contributed by atoms with E-state index >= 15 is 4.39 Å². The lowest BCUT2D eigenvalue weighted by atomic mass is 9.44. The Kier molecular flexibility index (Phi) is 7.06. The Bertz CT molecular complexity index is 1140. The van der Waals surface area contributed by atoms with Crippen molar-refractivity contribution < 1.29 is 44.0 Å². The monoisotopic (exact) mass is 624 g/mol. The Hall–Kier alpha value is -1.33. The molecule has 4 N–H and O–H groups in total. The Morgan fingerprint density at radius 2 is 1.84 bits per heavy atom. The molecule has 0 radical (unpaired) electrons.